The van der Waals surface area contributed by atoms with E-state index in [2.05, 4.69) is 54.5 Å². The molecule has 6 heteroatoms. The van der Waals surface area contributed by atoms with Gasteiger partial charge < -0.3 is 10.6 Å². The fourth-order valence-electron chi connectivity index (χ4n) is 3.48. The number of nitrogens with zero attached hydrogens (tertiary/aromatic N) is 4. The maximum atomic E-state index is 4.81. The van der Waals surface area contributed by atoms with Crippen molar-refractivity contribution >= 4 is 16.9 Å². The third kappa shape index (κ3) is 4.50. The summed E-state index contributed by atoms with van der Waals surface area (Å²) in [5.74, 6) is 0.829. The molecule has 148 valence electrons. The Morgan fingerprint density at radius 1 is 1.21 bits per heavy atom. The van der Waals surface area contributed by atoms with Crippen LogP contribution in [0, 0.1) is 13.8 Å². The Hall–Kier alpha value is -2.89. The first-order valence-corrected chi connectivity index (χ1v) is 9.86. The average Bonchev–Trinajstić information content (AvgIpc) is 2.92. The molecule has 0 aliphatic rings. The number of rotatable bonds is 6. The van der Waals surface area contributed by atoms with Crippen molar-refractivity contribution in [3.63, 3.8) is 0 Å². The van der Waals surface area contributed by atoms with Crippen LogP contribution in [-0.4, -0.2) is 33.3 Å². The molecular formula is C22H30N6. The Bertz CT molecular complexity index is 967. The number of hydrogen-bond donors (Lipinski definition) is 2. The zero-order valence-electron chi connectivity index (χ0n) is 17.5. The van der Waals surface area contributed by atoms with Crippen molar-refractivity contribution < 1.29 is 0 Å². The van der Waals surface area contributed by atoms with Gasteiger partial charge in [0.25, 0.3) is 0 Å². The minimum absolute atomic E-state index is 0.244. The van der Waals surface area contributed by atoms with Crippen molar-refractivity contribution in [2.45, 2.75) is 46.7 Å². The van der Waals surface area contributed by atoms with Crippen LogP contribution in [0.3, 0.4) is 0 Å². The zero-order valence-corrected chi connectivity index (χ0v) is 17.5. The molecule has 0 aliphatic carbocycles. The van der Waals surface area contributed by atoms with E-state index in [9.17, 15) is 0 Å². The summed E-state index contributed by atoms with van der Waals surface area (Å²) in [6.07, 6.45) is 2.76. The van der Waals surface area contributed by atoms with Gasteiger partial charge in [0, 0.05) is 36.9 Å². The number of aromatic nitrogens is 3. The fraction of sp³-hybridized carbons (Fsp3) is 0.409. The lowest BCUT2D eigenvalue weighted by Gasteiger charge is -2.18. The molecule has 0 saturated carbocycles. The van der Waals surface area contributed by atoms with E-state index in [4.69, 9.17) is 4.99 Å². The number of hydrogen-bond acceptors (Lipinski definition) is 3. The second-order valence-electron chi connectivity index (χ2n) is 7.20. The van der Waals surface area contributed by atoms with Crippen molar-refractivity contribution in [2.24, 2.45) is 12.0 Å². The highest BCUT2D eigenvalue weighted by molar-refractivity contribution is 5.83. The van der Waals surface area contributed by atoms with E-state index >= 15 is 0 Å². The Morgan fingerprint density at radius 2 is 2.00 bits per heavy atom. The summed E-state index contributed by atoms with van der Waals surface area (Å²) in [4.78, 5) is 9.24. The molecule has 0 spiro atoms. The van der Waals surface area contributed by atoms with Crippen LogP contribution in [0.25, 0.3) is 10.9 Å². The molecule has 2 aromatic heterocycles. The van der Waals surface area contributed by atoms with Gasteiger partial charge in [0.2, 0.25) is 0 Å². The second kappa shape index (κ2) is 8.87. The lowest BCUT2D eigenvalue weighted by molar-refractivity contribution is 0.636. The molecule has 0 radical (unpaired) electrons. The van der Waals surface area contributed by atoms with E-state index in [0.717, 1.165) is 35.5 Å². The maximum absolute atomic E-state index is 4.81. The van der Waals surface area contributed by atoms with Gasteiger partial charge in [-0.25, -0.2) is 4.99 Å². The molecule has 2 N–H and O–H groups in total. The van der Waals surface area contributed by atoms with Gasteiger partial charge in [-0.05, 0) is 57.4 Å². The second-order valence-corrected chi connectivity index (χ2v) is 7.20. The number of pyridine rings is 1. The Balaban J connectivity index is 1.73. The van der Waals surface area contributed by atoms with Gasteiger partial charge in [-0.3, -0.25) is 9.67 Å². The molecule has 0 fully saturated rings. The first kappa shape index (κ1) is 19.9. The first-order valence-electron chi connectivity index (χ1n) is 9.86. The smallest absolute Gasteiger partial charge is 0.191 e. The predicted molar refractivity (Wildman–Crippen MR) is 116 cm³/mol. The molecule has 1 atom stereocenters. The molecule has 1 aromatic carbocycles. The molecule has 1 unspecified atom stereocenters. The first-order chi connectivity index (χ1) is 13.5. The van der Waals surface area contributed by atoms with Crippen LogP contribution in [0.15, 0.2) is 41.5 Å². The summed E-state index contributed by atoms with van der Waals surface area (Å²) in [5.41, 5.74) is 5.80. The quantitative estimate of drug-likeness (QED) is 0.510. The molecule has 6 nitrogen and oxygen atoms in total. The summed E-state index contributed by atoms with van der Waals surface area (Å²) >= 11 is 0. The Kier molecular flexibility index (Phi) is 6.29. The van der Waals surface area contributed by atoms with E-state index in [1.165, 1.54) is 16.8 Å². The minimum Gasteiger partial charge on any atom is -0.357 e. The SMILES string of the molecule is CCNC(=NCc1ccnc2ccccc12)NC(C)Cc1c(C)nn(C)c1C. The third-order valence-electron chi connectivity index (χ3n) is 5.04. The highest BCUT2D eigenvalue weighted by Crippen LogP contribution is 2.17. The van der Waals surface area contributed by atoms with Crippen molar-refractivity contribution in [3.8, 4) is 0 Å². The van der Waals surface area contributed by atoms with Crippen LogP contribution in [0.5, 0.6) is 0 Å². The molecule has 28 heavy (non-hydrogen) atoms. The largest absolute Gasteiger partial charge is 0.357 e. The summed E-state index contributed by atoms with van der Waals surface area (Å²) in [6.45, 7) is 9.88. The van der Waals surface area contributed by atoms with E-state index < -0.39 is 0 Å². The van der Waals surface area contributed by atoms with Crippen molar-refractivity contribution in [1.29, 1.82) is 0 Å². The number of nitrogens with one attached hydrogen (secondary N) is 2. The van der Waals surface area contributed by atoms with Gasteiger partial charge in [0.1, 0.15) is 0 Å². The number of aliphatic imine (C=N–C) groups is 1. The fourth-order valence-corrected chi connectivity index (χ4v) is 3.48. The van der Waals surface area contributed by atoms with Gasteiger partial charge in [0.05, 0.1) is 17.8 Å². The number of benzene rings is 1. The number of para-hydroxylation sites is 1. The summed E-state index contributed by atoms with van der Waals surface area (Å²) in [5, 5.41) is 12.6. The van der Waals surface area contributed by atoms with E-state index in [-0.39, 0.29) is 6.04 Å². The van der Waals surface area contributed by atoms with Crippen LogP contribution in [-0.2, 0) is 20.0 Å². The zero-order chi connectivity index (χ0) is 20.1. The molecular weight excluding hydrogens is 348 g/mol. The number of fused-ring (bicyclic) bond motifs is 1. The van der Waals surface area contributed by atoms with Crippen LogP contribution in [0.4, 0.5) is 0 Å². The molecule has 0 aliphatic heterocycles. The van der Waals surface area contributed by atoms with E-state index in [1.807, 2.05) is 42.2 Å². The monoisotopic (exact) mass is 378 g/mol. The molecule has 0 amide bonds. The van der Waals surface area contributed by atoms with Gasteiger partial charge in [0.15, 0.2) is 5.96 Å². The van der Waals surface area contributed by atoms with Crippen molar-refractivity contribution in [2.75, 3.05) is 6.54 Å². The van der Waals surface area contributed by atoms with Crippen LogP contribution < -0.4 is 10.6 Å². The molecule has 0 saturated heterocycles. The molecule has 0 bridgehead atoms. The summed E-state index contributed by atoms with van der Waals surface area (Å²) < 4.78 is 1.95. The van der Waals surface area contributed by atoms with Crippen LogP contribution in [0.2, 0.25) is 0 Å². The lowest BCUT2D eigenvalue weighted by Crippen LogP contribution is -2.43. The highest BCUT2D eigenvalue weighted by atomic mass is 15.3. The molecule has 2 heterocycles. The topological polar surface area (TPSA) is 67.1 Å². The Labute approximate surface area is 167 Å². The average molecular weight is 379 g/mol. The molecule has 3 aromatic rings. The highest BCUT2D eigenvalue weighted by Gasteiger charge is 2.14. The predicted octanol–water partition coefficient (Wildman–Crippen LogP) is 3.27. The third-order valence-corrected chi connectivity index (χ3v) is 5.04. The van der Waals surface area contributed by atoms with E-state index in [1.54, 1.807) is 0 Å². The summed E-state index contributed by atoms with van der Waals surface area (Å²) in [7, 11) is 1.99. The minimum atomic E-state index is 0.244. The Morgan fingerprint density at radius 3 is 2.71 bits per heavy atom. The van der Waals surface area contributed by atoms with Gasteiger partial charge >= 0.3 is 0 Å². The maximum Gasteiger partial charge on any atom is 0.191 e. The standard InChI is InChI=1S/C22H30N6/c1-6-23-22(26-15(2)13-20-16(3)27-28(5)17(20)4)25-14-18-11-12-24-21-10-8-7-9-19(18)21/h7-12,15H,6,13-14H2,1-5H3,(H2,23,25,26). The lowest BCUT2D eigenvalue weighted by atomic mass is 10.1. The van der Waals surface area contributed by atoms with Gasteiger partial charge in [-0.2, -0.15) is 5.10 Å². The van der Waals surface area contributed by atoms with Gasteiger partial charge in [-0.15, -0.1) is 0 Å². The number of aryl methyl sites for hydroxylation is 2. The van der Waals surface area contributed by atoms with Crippen molar-refractivity contribution in [1.82, 2.24) is 25.4 Å². The van der Waals surface area contributed by atoms with Crippen LogP contribution >= 0.6 is 0 Å². The van der Waals surface area contributed by atoms with E-state index in [0.29, 0.717) is 6.54 Å². The molecule has 3 rings (SSSR count). The number of guanidine groups is 1. The normalized spacial score (nSPS) is 13.0. The van der Waals surface area contributed by atoms with Crippen LogP contribution in [0.1, 0.15) is 36.4 Å². The summed E-state index contributed by atoms with van der Waals surface area (Å²) in [6, 6.07) is 10.5. The van der Waals surface area contributed by atoms with Gasteiger partial charge in [-0.1, -0.05) is 18.2 Å². The van der Waals surface area contributed by atoms with Crippen molar-refractivity contribution in [3.05, 3.63) is 59.0 Å².